The second-order valence-electron chi connectivity index (χ2n) is 10.8. The van der Waals surface area contributed by atoms with Gasteiger partial charge in [0.15, 0.2) is 11.5 Å². The highest BCUT2D eigenvalue weighted by Crippen LogP contribution is 2.51. The second-order valence-corrected chi connectivity index (χ2v) is 10.8. The van der Waals surface area contributed by atoms with E-state index in [0.29, 0.717) is 36.1 Å². The third kappa shape index (κ3) is 5.63. The van der Waals surface area contributed by atoms with Crippen LogP contribution >= 0.6 is 0 Å². The molecule has 0 unspecified atom stereocenters. The van der Waals surface area contributed by atoms with Gasteiger partial charge >= 0.3 is 0 Å². The van der Waals surface area contributed by atoms with Gasteiger partial charge in [-0.15, -0.1) is 0 Å². The van der Waals surface area contributed by atoms with E-state index in [2.05, 4.69) is 20.6 Å². The van der Waals surface area contributed by atoms with Crippen molar-refractivity contribution in [2.75, 3.05) is 32.1 Å². The summed E-state index contributed by atoms with van der Waals surface area (Å²) in [6.07, 6.45) is 6.00. The maximum absolute atomic E-state index is 13.3. The van der Waals surface area contributed by atoms with Gasteiger partial charge in [0.05, 0.1) is 24.9 Å². The van der Waals surface area contributed by atoms with Crippen LogP contribution in [0.4, 0.5) is 10.1 Å². The Labute approximate surface area is 233 Å². The predicted molar refractivity (Wildman–Crippen MR) is 153 cm³/mol. The zero-order valence-electron chi connectivity index (χ0n) is 22.6. The number of amides is 1. The van der Waals surface area contributed by atoms with Gasteiger partial charge in [-0.3, -0.25) is 4.79 Å². The molecule has 1 amide bonds. The Morgan fingerprint density at radius 3 is 2.48 bits per heavy atom. The van der Waals surface area contributed by atoms with Gasteiger partial charge in [0.25, 0.3) is 0 Å². The first-order chi connectivity index (χ1) is 19.5. The number of benzene rings is 3. The molecule has 2 aliphatic rings. The Morgan fingerprint density at radius 2 is 1.77 bits per heavy atom. The van der Waals surface area contributed by atoms with Crippen molar-refractivity contribution in [3.05, 3.63) is 78.4 Å². The molecule has 3 aromatic carbocycles. The van der Waals surface area contributed by atoms with Crippen LogP contribution in [0.1, 0.15) is 37.7 Å². The average Bonchev–Trinajstić information content (AvgIpc) is 3.76. The number of anilines is 1. The molecule has 1 aliphatic heterocycles. The van der Waals surface area contributed by atoms with Gasteiger partial charge in [-0.05, 0) is 80.6 Å². The van der Waals surface area contributed by atoms with Crippen LogP contribution in [0.2, 0.25) is 0 Å². The van der Waals surface area contributed by atoms with Crippen molar-refractivity contribution >= 4 is 22.5 Å². The molecule has 0 spiro atoms. The molecule has 0 radical (unpaired) electrons. The Morgan fingerprint density at radius 1 is 1.02 bits per heavy atom. The topological polar surface area (TPSA) is 85.4 Å². The number of nitrogens with one attached hydrogen (secondary N) is 2. The molecule has 1 saturated heterocycles. The van der Waals surface area contributed by atoms with Gasteiger partial charge in [0.1, 0.15) is 12.1 Å². The van der Waals surface area contributed by atoms with E-state index in [0.717, 1.165) is 66.5 Å². The molecule has 40 heavy (non-hydrogen) atoms. The molecule has 0 bridgehead atoms. The summed E-state index contributed by atoms with van der Waals surface area (Å²) in [5.41, 5.74) is 4.00. The molecule has 1 aliphatic carbocycles. The summed E-state index contributed by atoms with van der Waals surface area (Å²) in [6, 6.07) is 18.0. The lowest BCUT2D eigenvalue weighted by atomic mass is 9.92. The zero-order chi connectivity index (χ0) is 27.5. The van der Waals surface area contributed by atoms with Crippen molar-refractivity contribution in [2.45, 2.75) is 37.5 Å². The maximum atomic E-state index is 13.3. The first kappa shape index (κ1) is 26.2. The van der Waals surface area contributed by atoms with E-state index in [9.17, 15) is 9.18 Å². The zero-order valence-corrected chi connectivity index (χ0v) is 22.6. The summed E-state index contributed by atoms with van der Waals surface area (Å²) >= 11 is 0. The summed E-state index contributed by atoms with van der Waals surface area (Å²) < 4.78 is 25.2. The average molecular weight is 541 g/mol. The molecule has 4 aromatic rings. The number of fused-ring (bicyclic) bond motifs is 1. The summed E-state index contributed by atoms with van der Waals surface area (Å²) in [4.78, 5) is 21.9. The quantitative estimate of drug-likeness (QED) is 0.276. The molecule has 8 heteroatoms. The lowest BCUT2D eigenvalue weighted by Crippen LogP contribution is -2.30. The fraction of sp³-hybridized carbons (Fsp3) is 0.344. The molecule has 2 N–H and O–H groups in total. The van der Waals surface area contributed by atoms with E-state index in [4.69, 9.17) is 9.47 Å². The second kappa shape index (κ2) is 11.2. The van der Waals surface area contributed by atoms with Crippen molar-refractivity contribution in [2.24, 2.45) is 5.92 Å². The molecule has 2 fully saturated rings. The molecule has 206 valence electrons. The number of aromatic nitrogens is 2. The Bertz CT molecular complexity index is 1500. The molecule has 1 aromatic heterocycles. The minimum Gasteiger partial charge on any atom is -0.493 e. The molecular formula is C32H33FN4O3. The van der Waals surface area contributed by atoms with Gasteiger partial charge < -0.3 is 20.1 Å². The van der Waals surface area contributed by atoms with Crippen molar-refractivity contribution in [1.29, 1.82) is 0 Å². The van der Waals surface area contributed by atoms with E-state index in [1.165, 1.54) is 12.1 Å². The molecule has 7 nitrogen and oxygen atoms in total. The molecule has 6 rings (SSSR count). The third-order valence-corrected chi connectivity index (χ3v) is 8.11. The molecule has 1 saturated carbocycles. The van der Waals surface area contributed by atoms with Gasteiger partial charge in [-0.2, -0.15) is 0 Å². The molecule has 0 atom stereocenters. The van der Waals surface area contributed by atoms with Gasteiger partial charge in [-0.1, -0.05) is 24.3 Å². The number of rotatable bonds is 9. The number of halogens is 1. The molecule has 2 heterocycles. The van der Waals surface area contributed by atoms with E-state index in [-0.39, 0.29) is 17.1 Å². The highest BCUT2D eigenvalue weighted by atomic mass is 19.1. The first-order valence-corrected chi connectivity index (χ1v) is 13.9. The summed E-state index contributed by atoms with van der Waals surface area (Å²) in [6.45, 7) is 2.71. The van der Waals surface area contributed by atoms with Gasteiger partial charge in [-0.25, -0.2) is 14.4 Å². The van der Waals surface area contributed by atoms with Crippen LogP contribution in [0.25, 0.3) is 22.2 Å². The number of methoxy groups -OCH3 is 1. The highest BCUT2D eigenvalue weighted by Gasteiger charge is 2.45. The van der Waals surface area contributed by atoms with Crippen LogP contribution in [0.15, 0.2) is 67.0 Å². The Hall–Kier alpha value is -4.04. The van der Waals surface area contributed by atoms with E-state index < -0.39 is 0 Å². The van der Waals surface area contributed by atoms with E-state index in [1.54, 1.807) is 25.6 Å². The Balaban J connectivity index is 1.16. The van der Waals surface area contributed by atoms with Crippen LogP contribution in [-0.4, -0.2) is 42.7 Å². The SMILES string of the molecule is COc1cc2c(-c3ccc(NC(=O)CC4(c5ccc(F)cc5)CC4)cc3)ncnc2cc1OCC1CCNCC1. The molecular weight excluding hydrogens is 507 g/mol. The minimum absolute atomic E-state index is 0.0520. The fourth-order valence-corrected chi connectivity index (χ4v) is 5.57. The summed E-state index contributed by atoms with van der Waals surface area (Å²) in [7, 11) is 1.64. The van der Waals surface area contributed by atoms with Crippen LogP contribution in [0.5, 0.6) is 11.5 Å². The number of nitrogens with zero attached hydrogens (tertiary/aromatic N) is 2. The number of ether oxygens (including phenoxy) is 2. The van der Waals surface area contributed by atoms with Crippen LogP contribution in [0.3, 0.4) is 0 Å². The predicted octanol–water partition coefficient (Wildman–Crippen LogP) is 5.88. The van der Waals surface area contributed by atoms with Gasteiger partial charge in [0.2, 0.25) is 5.91 Å². The monoisotopic (exact) mass is 540 g/mol. The number of hydrogen-bond donors (Lipinski definition) is 2. The largest absolute Gasteiger partial charge is 0.493 e. The Kier molecular flexibility index (Phi) is 7.34. The first-order valence-electron chi connectivity index (χ1n) is 13.9. The fourth-order valence-electron chi connectivity index (χ4n) is 5.57. The van der Waals surface area contributed by atoms with Gasteiger partial charge in [0, 0.05) is 34.5 Å². The minimum atomic E-state index is -0.264. The number of piperidine rings is 1. The standard InChI is InChI=1S/C32H33FN4O3/c1-39-28-16-26-27(17-29(28)40-19-21-10-14-34-15-11-21)35-20-36-31(26)22-2-8-25(9-3-22)37-30(38)18-32(12-13-32)23-4-6-24(33)7-5-23/h2-9,16-17,20-21,34H,10-15,18-19H2,1H3,(H,37,38). The normalized spacial score (nSPS) is 16.4. The van der Waals surface area contributed by atoms with Crippen molar-refractivity contribution in [3.63, 3.8) is 0 Å². The number of carbonyl (C=O) groups is 1. The lowest BCUT2D eigenvalue weighted by Gasteiger charge is -2.23. The van der Waals surface area contributed by atoms with Crippen molar-refractivity contribution < 1.29 is 18.7 Å². The van der Waals surface area contributed by atoms with Crippen molar-refractivity contribution in [3.8, 4) is 22.8 Å². The highest BCUT2D eigenvalue weighted by molar-refractivity contribution is 5.95. The summed E-state index contributed by atoms with van der Waals surface area (Å²) in [5.74, 6) is 1.55. The van der Waals surface area contributed by atoms with Crippen molar-refractivity contribution in [1.82, 2.24) is 15.3 Å². The van der Waals surface area contributed by atoms with Crippen LogP contribution in [0, 0.1) is 11.7 Å². The lowest BCUT2D eigenvalue weighted by molar-refractivity contribution is -0.116. The smallest absolute Gasteiger partial charge is 0.225 e. The van der Waals surface area contributed by atoms with Crippen LogP contribution < -0.4 is 20.1 Å². The third-order valence-electron chi connectivity index (χ3n) is 8.11. The summed E-state index contributed by atoms with van der Waals surface area (Å²) in [5, 5.41) is 7.26. The number of hydrogen-bond acceptors (Lipinski definition) is 6. The maximum Gasteiger partial charge on any atom is 0.225 e. The number of carbonyl (C=O) groups excluding carboxylic acids is 1. The van der Waals surface area contributed by atoms with E-state index in [1.807, 2.05) is 36.4 Å². The van der Waals surface area contributed by atoms with E-state index >= 15 is 0 Å². The van der Waals surface area contributed by atoms with Crippen LogP contribution in [-0.2, 0) is 10.2 Å².